The number of carbonyl (C=O) groups is 1. The second kappa shape index (κ2) is 5.35. The molecule has 1 rings (SSSR count). The summed E-state index contributed by atoms with van der Waals surface area (Å²) in [7, 11) is 0. The lowest BCUT2D eigenvalue weighted by Gasteiger charge is -2.42. The zero-order chi connectivity index (χ0) is 10.4. The van der Waals surface area contributed by atoms with Gasteiger partial charge in [-0.1, -0.05) is 13.8 Å². The van der Waals surface area contributed by atoms with Crippen LogP contribution < -0.4 is 10.6 Å². The van der Waals surface area contributed by atoms with E-state index < -0.39 is 0 Å². The number of rotatable bonds is 6. The first kappa shape index (κ1) is 11.5. The fraction of sp³-hybridized carbons (Fsp3) is 0.909. The van der Waals surface area contributed by atoms with E-state index in [1.807, 2.05) is 0 Å². The maximum absolute atomic E-state index is 11.3. The Bertz CT molecular complexity index is 182. The lowest BCUT2D eigenvalue weighted by atomic mass is 9.75. The van der Waals surface area contributed by atoms with Crippen molar-refractivity contribution in [2.45, 2.75) is 51.5 Å². The number of hydrogen-bond acceptors (Lipinski definition) is 2. The molecule has 0 unspecified atom stereocenters. The van der Waals surface area contributed by atoms with Crippen LogP contribution in [0.3, 0.4) is 0 Å². The number of nitrogens with one attached hydrogen (secondary N) is 2. The molecule has 0 aromatic carbocycles. The molecule has 0 aliphatic heterocycles. The second-order valence-corrected chi connectivity index (χ2v) is 4.19. The van der Waals surface area contributed by atoms with Crippen LogP contribution in [0.15, 0.2) is 0 Å². The average Bonchev–Trinajstić information content (AvgIpc) is 2.14. The number of amides is 1. The zero-order valence-electron chi connectivity index (χ0n) is 9.36. The summed E-state index contributed by atoms with van der Waals surface area (Å²) in [5.74, 6) is 0.131. The Kier molecular flexibility index (Phi) is 4.39. The van der Waals surface area contributed by atoms with Gasteiger partial charge in [0.15, 0.2) is 0 Å². The third-order valence-electron chi connectivity index (χ3n) is 3.18. The van der Waals surface area contributed by atoms with E-state index in [0.717, 1.165) is 19.4 Å². The second-order valence-electron chi connectivity index (χ2n) is 4.19. The van der Waals surface area contributed by atoms with Gasteiger partial charge < -0.3 is 10.6 Å². The molecule has 1 amide bonds. The molecule has 1 aliphatic rings. The van der Waals surface area contributed by atoms with Crippen molar-refractivity contribution in [3.05, 3.63) is 0 Å². The van der Waals surface area contributed by atoms with Gasteiger partial charge in [-0.3, -0.25) is 4.79 Å². The van der Waals surface area contributed by atoms with Crippen LogP contribution in [0.25, 0.3) is 0 Å². The van der Waals surface area contributed by atoms with Crippen LogP contribution in [-0.4, -0.2) is 24.5 Å². The third kappa shape index (κ3) is 2.98. The van der Waals surface area contributed by atoms with Gasteiger partial charge in [0.25, 0.3) is 0 Å². The minimum Gasteiger partial charge on any atom is -0.355 e. The highest BCUT2D eigenvalue weighted by atomic mass is 16.1. The fourth-order valence-corrected chi connectivity index (χ4v) is 1.85. The summed E-state index contributed by atoms with van der Waals surface area (Å²) in [6, 6.07) is 0. The van der Waals surface area contributed by atoms with Crippen molar-refractivity contribution in [1.82, 2.24) is 10.6 Å². The van der Waals surface area contributed by atoms with Crippen LogP contribution in [0.5, 0.6) is 0 Å². The smallest absolute Gasteiger partial charge is 0.233 e. The molecular weight excluding hydrogens is 176 g/mol. The SMILES string of the molecule is CCCNC(=O)CNC1(CC)CCC1. The topological polar surface area (TPSA) is 41.1 Å². The highest BCUT2D eigenvalue weighted by Crippen LogP contribution is 2.34. The molecule has 82 valence electrons. The predicted octanol–water partition coefficient (Wildman–Crippen LogP) is 1.43. The first-order valence-corrected chi connectivity index (χ1v) is 5.74. The molecule has 0 radical (unpaired) electrons. The summed E-state index contributed by atoms with van der Waals surface area (Å²) in [5, 5.41) is 6.25. The van der Waals surface area contributed by atoms with Crippen molar-refractivity contribution in [3.63, 3.8) is 0 Å². The van der Waals surface area contributed by atoms with Gasteiger partial charge in [0.1, 0.15) is 0 Å². The lowest BCUT2D eigenvalue weighted by molar-refractivity contribution is -0.120. The van der Waals surface area contributed by atoms with Gasteiger partial charge in [0, 0.05) is 12.1 Å². The third-order valence-corrected chi connectivity index (χ3v) is 3.18. The molecule has 0 heterocycles. The summed E-state index contributed by atoms with van der Waals surface area (Å²) >= 11 is 0. The van der Waals surface area contributed by atoms with Crippen molar-refractivity contribution < 1.29 is 4.79 Å². The van der Waals surface area contributed by atoms with Crippen molar-refractivity contribution >= 4 is 5.91 Å². The van der Waals surface area contributed by atoms with Crippen molar-refractivity contribution in [1.29, 1.82) is 0 Å². The number of hydrogen-bond donors (Lipinski definition) is 2. The minimum absolute atomic E-state index is 0.131. The molecule has 1 aliphatic carbocycles. The largest absolute Gasteiger partial charge is 0.355 e. The summed E-state index contributed by atoms with van der Waals surface area (Å²) < 4.78 is 0. The molecule has 2 N–H and O–H groups in total. The van der Waals surface area contributed by atoms with Crippen LogP contribution in [0.2, 0.25) is 0 Å². The Balaban J connectivity index is 2.15. The van der Waals surface area contributed by atoms with E-state index in [0.29, 0.717) is 6.54 Å². The average molecular weight is 198 g/mol. The van der Waals surface area contributed by atoms with E-state index >= 15 is 0 Å². The molecule has 3 nitrogen and oxygen atoms in total. The Hall–Kier alpha value is -0.570. The van der Waals surface area contributed by atoms with Gasteiger partial charge in [0.2, 0.25) is 5.91 Å². The van der Waals surface area contributed by atoms with Crippen LogP contribution >= 0.6 is 0 Å². The molecule has 1 saturated carbocycles. The van der Waals surface area contributed by atoms with Gasteiger partial charge >= 0.3 is 0 Å². The fourth-order valence-electron chi connectivity index (χ4n) is 1.85. The van der Waals surface area contributed by atoms with Crippen molar-refractivity contribution in [2.24, 2.45) is 0 Å². The minimum atomic E-state index is 0.131. The molecule has 0 atom stereocenters. The summed E-state index contributed by atoms with van der Waals surface area (Å²) in [4.78, 5) is 11.3. The van der Waals surface area contributed by atoms with Crippen molar-refractivity contribution in [2.75, 3.05) is 13.1 Å². The van der Waals surface area contributed by atoms with Crippen LogP contribution in [0, 0.1) is 0 Å². The van der Waals surface area contributed by atoms with Gasteiger partial charge in [-0.2, -0.15) is 0 Å². The van der Waals surface area contributed by atoms with Crippen LogP contribution in [0.1, 0.15) is 46.0 Å². The molecule has 0 aromatic heterocycles. The summed E-state index contributed by atoms with van der Waals surface area (Å²) in [5.41, 5.74) is 0.281. The van der Waals surface area contributed by atoms with E-state index in [4.69, 9.17) is 0 Å². The predicted molar refractivity (Wildman–Crippen MR) is 58.2 cm³/mol. The number of carbonyl (C=O) groups excluding carboxylic acids is 1. The monoisotopic (exact) mass is 198 g/mol. The Morgan fingerprint density at radius 1 is 1.36 bits per heavy atom. The van der Waals surface area contributed by atoms with Gasteiger partial charge in [-0.15, -0.1) is 0 Å². The molecule has 0 saturated heterocycles. The quantitative estimate of drug-likeness (QED) is 0.678. The summed E-state index contributed by atoms with van der Waals surface area (Å²) in [6.45, 7) is 5.52. The van der Waals surface area contributed by atoms with Crippen LogP contribution in [0.4, 0.5) is 0 Å². The molecule has 1 fully saturated rings. The van der Waals surface area contributed by atoms with E-state index in [-0.39, 0.29) is 11.4 Å². The Morgan fingerprint density at radius 2 is 2.07 bits per heavy atom. The first-order valence-electron chi connectivity index (χ1n) is 5.74. The highest BCUT2D eigenvalue weighted by Gasteiger charge is 2.34. The van der Waals surface area contributed by atoms with Gasteiger partial charge in [-0.25, -0.2) is 0 Å². The maximum Gasteiger partial charge on any atom is 0.233 e. The summed E-state index contributed by atoms with van der Waals surface area (Å²) in [6.07, 6.45) is 5.89. The first-order chi connectivity index (χ1) is 6.72. The standard InChI is InChI=1S/C11H22N2O/c1-3-8-12-10(14)9-13-11(4-2)6-5-7-11/h13H,3-9H2,1-2H3,(H,12,14). The molecule has 3 heteroatoms. The molecular formula is C11H22N2O. The van der Waals surface area contributed by atoms with E-state index in [9.17, 15) is 4.79 Å². The van der Waals surface area contributed by atoms with E-state index in [2.05, 4.69) is 24.5 Å². The lowest BCUT2D eigenvalue weighted by Crippen LogP contribution is -2.53. The van der Waals surface area contributed by atoms with E-state index in [1.54, 1.807) is 0 Å². The van der Waals surface area contributed by atoms with Crippen LogP contribution in [-0.2, 0) is 4.79 Å². The molecule has 0 bridgehead atoms. The maximum atomic E-state index is 11.3. The Morgan fingerprint density at radius 3 is 2.50 bits per heavy atom. The molecule has 14 heavy (non-hydrogen) atoms. The Labute approximate surface area is 86.6 Å². The van der Waals surface area contributed by atoms with Crippen molar-refractivity contribution in [3.8, 4) is 0 Å². The van der Waals surface area contributed by atoms with E-state index in [1.165, 1.54) is 19.3 Å². The molecule has 0 spiro atoms. The molecule has 0 aromatic rings. The van der Waals surface area contributed by atoms with Gasteiger partial charge in [-0.05, 0) is 32.1 Å². The highest BCUT2D eigenvalue weighted by molar-refractivity contribution is 5.78. The zero-order valence-corrected chi connectivity index (χ0v) is 9.36. The normalized spacial score (nSPS) is 18.7. The van der Waals surface area contributed by atoms with Gasteiger partial charge in [0.05, 0.1) is 6.54 Å².